The molecule has 2 aromatic heterocycles. The lowest BCUT2D eigenvalue weighted by atomic mass is 10.2. The van der Waals surface area contributed by atoms with Crippen LogP contribution < -0.4 is 20.9 Å². The molecule has 0 unspecified atom stereocenters. The van der Waals surface area contributed by atoms with Crippen molar-refractivity contribution in [2.24, 2.45) is 11.8 Å². The van der Waals surface area contributed by atoms with Crippen LogP contribution in [0.1, 0.15) is 37.9 Å². The molecule has 4 rings (SSSR count). The molecular weight excluding hydrogens is 472 g/mol. The van der Waals surface area contributed by atoms with Gasteiger partial charge >= 0.3 is 0 Å². The maximum atomic E-state index is 12.1. The van der Waals surface area contributed by atoms with E-state index >= 15 is 0 Å². The third-order valence-corrected chi connectivity index (χ3v) is 6.72. The Balaban J connectivity index is 1.61. The van der Waals surface area contributed by atoms with Gasteiger partial charge in [-0.2, -0.15) is 5.10 Å². The van der Waals surface area contributed by atoms with Crippen LogP contribution in [0.5, 0.6) is 0 Å². The maximum Gasteiger partial charge on any atom is 0.227 e. The molecule has 1 aliphatic rings. The summed E-state index contributed by atoms with van der Waals surface area (Å²) in [7, 11) is 1.96. The molecule has 9 nitrogen and oxygen atoms in total. The Bertz CT molecular complexity index is 1170. The fourth-order valence-electron chi connectivity index (χ4n) is 3.84. The monoisotopic (exact) mass is 508 g/mol. The zero-order valence-electron chi connectivity index (χ0n) is 21.7. The minimum atomic E-state index is 0.109. The number of hydrogen-bond acceptors (Lipinski definition) is 8. The number of rotatable bonds is 12. The minimum Gasteiger partial charge on any atom is -0.355 e. The van der Waals surface area contributed by atoms with Gasteiger partial charge in [-0.1, -0.05) is 13.8 Å². The summed E-state index contributed by atoms with van der Waals surface area (Å²) >= 11 is 1.50. The molecule has 10 heteroatoms. The first-order chi connectivity index (χ1) is 17.3. The largest absolute Gasteiger partial charge is 0.355 e. The summed E-state index contributed by atoms with van der Waals surface area (Å²) in [6.45, 7) is 11.0. The molecule has 36 heavy (non-hydrogen) atoms. The normalized spacial score (nSPS) is 13.2. The highest BCUT2D eigenvalue weighted by Gasteiger charge is 2.29. The summed E-state index contributed by atoms with van der Waals surface area (Å²) in [5, 5.41) is 17.6. The number of carbonyl (C=O) groups is 1. The van der Waals surface area contributed by atoms with E-state index in [0.29, 0.717) is 11.1 Å². The zero-order chi connectivity index (χ0) is 25.7. The topological polar surface area (TPSA) is 111 Å². The second-order valence-corrected chi connectivity index (χ2v) is 10.7. The van der Waals surface area contributed by atoms with Crippen LogP contribution in [0.3, 0.4) is 0 Å². The number of likely N-dealkylation sites (N-methyl/N-ethyl adjacent to an activating group) is 1. The Morgan fingerprint density at radius 1 is 1.19 bits per heavy atom. The summed E-state index contributed by atoms with van der Waals surface area (Å²) < 4.78 is 0. The van der Waals surface area contributed by atoms with E-state index in [1.807, 2.05) is 44.3 Å². The van der Waals surface area contributed by atoms with Crippen molar-refractivity contribution in [3.8, 4) is 0 Å². The average molecular weight is 509 g/mol. The molecule has 192 valence electrons. The Hall–Kier alpha value is -3.11. The molecule has 0 saturated heterocycles. The van der Waals surface area contributed by atoms with Crippen LogP contribution in [0.4, 0.5) is 23.1 Å². The van der Waals surface area contributed by atoms with Gasteiger partial charge in [0.25, 0.3) is 0 Å². The van der Waals surface area contributed by atoms with Crippen LogP contribution in [0.25, 0.3) is 0 Å². The number of nitrogens with zero attached hydrogens (tertiary/aromatic N) is 4. The number of benzene rings is 1. The van der Waals surface area contributed by atoms with Gasteiger partial charge in [-0.05, 0) is 75.7 Å². The van der Waals surface area contributed by atoms with Crippen molar-refractivity contribution in [2.75, 3.05) is 42.2 Å². The summed E-state index contributed by atoms with van der Waals surface area (Å²) in [5.74, 6) is 3.14. The molecule has 0 spiro atoms. The second kappa shape index (κ2) is 11.7. The van der Waals surface area contributed by atoms with E-state index in [0.717, 1.165) is 71.8 Å². The molecule has 1 aromatic carbocycles. The molecular formula is C26H36N8OS. The molecule has 1 amide bonds. The van der Waals surface area contributed by atoms with E-state index in [1.54, 1.807) is 0 Å². The number of carbonyl (C=O) groups excluding carboxylic acids is 1. The number of H-pyrrole nitrogens is 1. The first-order valence-corrected chi connectivity index (χ1v) is 13.3. The molecule has 0 bridgehead atoms. The number of aromatic nitrogens is 4. The third-order valence-electron chi connectivity index (χ3n) is 5.85. The fourth-order valence-corrected chi connectivity index (χ4v) is 4.59. The first kappa shape index (κ1) is 26.0. The third kappa shape index (κ3) is 6.98. The van der Waals surface area contributed by atoms with Crippen LogP contribution >= 0.6 is 11.8 Å². The van der Waals surface area contributed by atoms with Gasteiger partial charge < -0.3 is 20.9 Å². The van der Waals surface area contributed by atoms with E-state index in [9.17, 15) is 4.79 Å². The smallest absolute Gasteiger partial charge is 0.227 e. The van der Waals surface area contributed by atoms with Gasteiger partial charge in [-0.25, -0.2) is 9.97 Å². The van der Waals surface area contributed by atoms with Gasteiger partial charge in [0.15, 0.2) is 11.0 Å². The quantitative estimate of drug-likeness (QED) is 0.260. The summed E-state index contributed by atoms with van der Waals surface area (Å²) in [6, 6.07) is 9.80. The van der Waals surface area contributed by atoms with E-state index in [1.165, 1.54) is 11.8 Å². The van der Waals surface area contributed by atoms with Crippen molar-refractivity contribution >= 4 is 40.8 Å². The molecule has 3 aromatic rings. The van der Waals surface area contributed by atoms with Crippen LogP contribution in [0, 0.1) is 25.7 Å². The van der Waals surface area contributed by atoms with E-state index in [2.05, 4.69) is 51.8 Å². The average Bonchev–Trinajstić information content (AvgIpc) is 3.62. The summed E-state index contributed by atoms with van der Waals surface area (Å²) in [4.78, 5) is 25.2. The van der Waals surface area contributed by atoms with Gasteiger partial charge in [-0.3, -0.25) is 9.89 Å². The van der Waals surface area contributed by atoms with Crippen LogP contribution in [0.2, 0.25) is 0 Å². The molecule has 0 atom stereocenters. The van der Waals surface area contributed by atoms with Gasteiger partial charge in [0.1, 0.15) is 11.6 Å². The van der Waals surface area contributed by atoms with Crippen molar-refractivity contribution in [1.82, 2.24) is 25.5 Å². The number of nitrogens with one attached hydrogen (secondary N) is 4. The molecule has 1 saturated carbocycles. The zero-order valence-corrected chi connectivity index (χ0v) is 22.5. The minimum absolute atomic E-state index is 0.109. The summed E-state index contributed by atoms with van der Waals surface area (Å²) in [6.07, 6.45) is 1.98. The molecule has 0 aliphatic heterocycles. The van der Waals surface area contributed by atoms with Gasteiger partial charge in [0, 0.05) is 53.5 Å². The van der Waals surface area contributed by atoms with Crippen molar-refractivity contribution in [3.63, 3.8) is 0 Å². The van der Waals surface area contributed by atoms with Gasteiger partial charge in [0.05, 0.1) is 0 Å². The highest BCUT2D eigenvalue weighted by atomic mass is 32.2. The number of hydrogen-bond donors (Lipinski definition) is 4. The first-order valence-electron chi connectivity index (χ1n) is 12.5. The Kier molecular flexibility index (Phi) is 8.48. The lowest BCUT2D eigenvalue weighted by Gasteiger charge is -2.28. The molecule has 1 fully saturated rings. The second-order valence-electron chi connectivity index (χ2n) is 9.70. The number of aryl methyl sites for hydroxylation is 1. The van der Waals surface area contributed by atoms with Crippen molar-refractivity contribution in [1.29, 1.82) is 0 Å². The lowest BCUT2D eigenvalue weighted by molar-refractivity contribution is -0.117. The number of anilines is 4. The predicted molar refractivity (Wildman–Crippen MR) is 146 cm³/mol. The van der Waals surface area contributed by atoms with E-state index < -0.39 is 0 Å². The molecule has 0 radical (unpaired) electrons. The van der Waals surface area contributed by atoms with Crippen LogP contribution in [-0.4, -0.2) is 52.8 Å². The van der Waals surface area contributed by atoms with E-state index in [4.69, 9.17) is 9.97 Å². The molecule has 4 N–H and O–H groups in total. The van der Waals surface area contributed by atoms with E-state index in [-0.39, 0.29) is 11.8 Å². The number of aromatic amines is 1. The SMILES string of the molecule is CNCCN(CC(C)C)c1nc(Sc2ccc(NC(=O)C3CC3)cc2)nc(Nc2cc(C)[nH]n2)c1C. The van der Waals surface area contributed by atoms with Crippen molar-refractivity contribution < 1.29 is 4.79 Å². The Morgan fingerprint density at radius 2 is 1.94 bits per heavy atom. The van der Waals surface area contributed by atoms with Crippen LogP contribution in [0.15, 0.2) is 40.4 Å². The lowest BCUT2D eigenvalue weighted by Crippen LogP contribution is -2.35. The van der Waals surface area contributed by atoms with Crippen molar-refractivity contribution in [3.05, 3.63) is 41.6 Å². The fraction of sp³-hybridized carbons (Fsp3) is 0.462. The van der Waals surface area contributed by atoms with Gasteiger partial charge in [0.2, 0.25) is 5.91 Å². The highest BCUT2D eigenvalue weighted by Crippen LogP contribution is 2.34. The molecule has 1 aliphatic carbocycles. The van der Waals surface area contributed by atoms with Gasteiger partial charge in [-0.15, -0.1) is 0 Å². The summed E-state index contributed by atoms with van der Waals surface area (Å²) in [5.41, 5.74) is 2.77. The number of amides is 1. The predicted octanol–water partition coefficient (Wildman–Crippen LogP) is 4.74. The standard InChI is InChI=1S/C26H36N8OS/c1-16(2)15-34(13-12-27-5)24-18(4)23(29-22-14-17(3)32-33-22)30-26(31-24)36-21-10-8-20(9-11-21)28-25(35)19-6-7-19/h8-11,14,16,19,27H,6-7,12-13,15H2,1-5H3,(H,28,35)(H2,29,30,31,32,33). The highest BCUT2D eigenvalue weighted by molar-refractivity contribution is 7.99. The maximum absolute atomic E-state index is 12.1. The Morgan fingerprint density at radius 3 is 2.56 bits per heavy atom. The van der Waals surface area contributed by atoms with Crippen LogP contribution in [-0.2, 0) is 4.79 Å². The Labute approximate surface area is 217 Å². The molecule has 2 heterocycles. The van der Waals surface area contributed by atoms with Crippen molar-refractivity contribution in [2.45, 2.75) is 50.6 Å².